The number of nitrogens with zero attached hydrogens (tertiary/aromatic N) is 2. The second-order valence-corrected chi connectivity index (χ2v) is 12.8. The van der Waals surface area contributed by atoms with E-state index < -0.39 is 0 Å². The third kappa shape index (κ3) is 5.04. The van der Waals surface area contributed by atoms with E-state index in [1.165, 1.54) is 22.1 Å². The van der Waals surface area contributed by atoms with Gasteiger partial charge in [-0.1, -0.05) is 127 Å². The average Bonchev–Trinajstić information content (AvgIpc) is 3.79. The summed E-state index contributed by atoms with van der Waals surface area (Å²) in [5.41, 5.74) is 11.7. The van der Waals surface area contributed by atoms with Gasteiger partial charge in [-0.15, -0.1) is 0 Å². The van der Waals surface area contributed by atoms with E-state index in [0.717, 1.165) is 66.6 Å². The number of oxazole rings is 1. The van der Waals surface area contributed by atoms with E-state index in [2.05, 4.69) is 144 Å². The second kappa shape index (κ2) is 11.9. The Morgan fingerprint density at radius 2 is 1.06 bits per heavy atom. The Bertz CT molecular complexity index is 2840. The molecule has 0 N–H and O–H groups in total. The molecule has 0 amide bonds. The van der Waals surface area contributed by atoms with Crippen molar-refractivity contribution in [1.82, 2.24) is 4.98 Å². The third-order valence-corrected chi connectivity index (χ3v) is 9.67. The number of furan rings is 1. The highest BCUT2D eigenvalue weighted by atomic mass is 16.4. The molecule has 10 rings (SSSR count). The van der Waals surface area contributed by atoms with Gasteiger partial charge in [0.1, 0.15) is 11.1 Å². The molecule has 0 saturated carbocycles. The molecular formula is C47H30N2O2. The average molecular weight is 655 g/mol. The number of hydrogen-bond donors (Lipinski definition) is 0. The number of fused-ring (bicyclic) bond motifs is 5. The van der Waals surface area contributed by atoms with Crippen LogP contribution in [-0.4, -0.2) is 4.98 Å². The minimum absolute atomic E-state index is 0.596. The fourth-order valence-electron chi connectivity index (χ4n) is 7.23. The molecule has 4 nitrogen and oxygen atoms in total. The summed E-state index contributed by atoms with van der Waals surface area (Å²) in [6.07, 6.45) is 0. The number of rotatable bonds is 6. The van der Waals surface area contributed by atoms with E-state index >= 15 is 0 Å². The summed E-state index contributed by atoms with van der Waals surface area (Å²) in [6, 6.07) is 63.5. The quantitative estimate of drug-likeness (QED) is 0.179. The first-order chi connectivity index (χ1) is 25.3. The number of aromatic nitrogens is 1. The summed E-state index contributed by atoms with van der Waals surface area (Å²) < 4.78 is 13.1. The van der Waals surface area contributed by atoms with Crippen molar-refractivity contribution in [3.05, 3.63) is 182 Å². The molecule has 51 heavy (non-hydrogen) atoms. The molecule has 0 saturated heterocycles. The van der Waals surface area contributed by atoms with Crippen LogP contribution in [0.25, 0.3) is 77.5 Å². The molecule has 2 aromatic heterocycles. The molecule has 240 valence electrons. The van der Waals surface area contributed by atoms with E-state index in [9.17, 15) is 0 Å². The minimum atomic E-state index is 0.596. The molecule has 0 fully saturated rings. The zero-order valence-electron chi connectivity index (χ0n) is 27.5. The van der Waals surface area contributed by atoms with E-state index in [4.69, 9.17) is 13.8 Å². The molecule has 0 radical (unpaired) electrons. The Morgan fingerprint density at radius 3 is 1.82 bits per heavy atom. The topological polar surface area (TPSA) is 42.4 Å². The fraction of sp³-hybridized carbons (Fsp3) is 0. The van der Waals surface area contributed by atoms with Crippen LogP contribution in [-0.2, 0) is 0 Å². The zero-order valence-corrected chi connectivity index (χ0v) is 27.5. The molecule has 0 bridgehead atoms. The highest BCUT2D eigenvalue weighted by Crippen LogP contribution is 2.45. The van der Waals surface area contributed by atoms with Gasteiger partial charge in [-0.2, -0.15) is 0 Å². The lowest BCUT2D eigenvalue weighted by molar-refractivity contribution is 0.620. The van der Waals surface area contributed by atoms with Gasteiger partial charge in [0.05, 0.1) is 5.69 Å². The van der Waals surface area contributed by atoms with E-state index in [1.54, 1.807) is 0 Å². The lowest BCUT2D eigenvalue weighted by Gasteiger charge is -2.27. The second-order valence-electron chi connectivity index (χ2n) is 12.8. The summed E-state index contributed by atoms with van der Waals surface area (Å²) in [7, 11) is 0. The first-order valence-electron chi connectivity index (χ1n) is 17.1. The van der Waals surface area contributed by atoms with Crippen molar-refractivity contribution in [2.24, 2.45) is 0 Å². The summed E-state index contributed by atoms with van der Waals surface area (Å²) in [5.74, 6) is 0.596. The molecule has 0 aliphatic heterocycles. The molecule has 0 unspecified atom stereocenters. The van der Waals surface area contributed by atoms with E-state index in [0.29, 0.717) is 5.89 Å². The smallest absolute Gasteiger partial charge is 0.227 e. The number of hydrogen-bond acceptors (Lipinski definition) is 4. The van der Waals surface area contributed by atoms with Crippen molar-refractivity contribution in [3.63, 3.8) is 0 Å². The SMILES string of the molecule is c1ccc(-c2ccc(N(c3cc(-c4ccccc4)c4ccccc4c3)c3cccc4c3oc3cc5nc(-c6ccccc6)oc5cc34)cc2)cc1. The Balaban J connectivity index is 1.19. The lowest BCUT2D eigenvalue weighted by Crippen LogP contribution is -2.10. The maximum atomic E-state index is 6.80. The van der Waals surface area contributed by atoms with Gasteiger partial charge in [0.2, 0.25) is 5.89 Å². The van der Waals surface area contributed by atoms with Gasteiger partial charge in [-0.05, 0) is 81.6 Å². The molecule has 4 heteroatoms. The van der Waals surface area contributed by atoms with Crippen LogP contribution in [0.4, 0.5) is 17.1 Å². The number of benzene rings is 8. The van der Waals surface area contributed by atoms with Crippen LogP contribution < -0.4 is 4.90 Å². The van der Waals surface area contributed by atoms with Gasteiger partial charge in [-0.25, -0.2) is 4.98 Å². The standard InChI is InChI=1S/C47H30N2O2/c1-4-13-31(14-5-1)32-23-25-36(26-24-32)49(37-27-35-19-10-11-20-38(35)40(28-37)33-15-6-2-7-16-33)43-22-12-21-39-41-29-45-42(30-44(41)50-46(39)43)48-47(51-45)34-17-8-3-9-18-34/h1-30H. The first kappa shape index (κ1) is 29.0. The van der Waals surface area contributed by atoms with Gasteiger partial charge >= 0.3 is 0 Å². The van der Waals surface area contributed by atoms with Gasteiger partial charge < -0.3 is 13.7 Å². The molecule has 2 heterocycles. The van der Waals surface area contributed by atoms with Gasteiger partial charge in [-0.3, -0.25) is 0 Å². The minimum Gasteiger partial charge on any atom is -0.454 e. The summed E-state index contributed by atoms with van der Waals surface area (Å²) in [4.78, 5) is 7.13. The van der Waals surface area contributed by atoms with E-state index in [1.807, 2.05) is 42.5 Å². The predicted octanol–water partition coefficient (Wildman–Crippen LogP) is 13.4. The van der Waals surface area contributed by atoms with Crippen molar-refractivity contribution in [1.29, 1.82) is 0 Å². The Hall–Kier alpha value is -6.91. The largest absolute Gasteiger partial charge is 0.454 e. The molecule has 8 aromatic carbocycles. The number of anilines is 3. The molecule has 0 aliphatic rings. The van der Waals surface area contributed by atoms with Crippen molar-refractivity contribution in [2.45, 2.75) is 0 Å². The highest BCUT2D eigenvalue weighted by Gasteiger charge is 2.22. The van der Waals surface area contributed by atoms with E-state index in [-0.39, 0.29) is 0 Å². The van der Waals surface area contributed by atoms with Gasteiger partial charge in [0.25, 0.3) is 0 Å². The van der Waals surface area contributed by atoms with Crippen LogP contribution in [0.2, 0.25) is 0 Å². The highest BCUT2D eigenvalue weighted by molar-refractivity contribution is 6.13. The normalized spacial score (nSPS) is 11.5. The molecule has 0 aliphatic carbocycles. The van der Waals surface area contributed by atoms with Crippen LogP contribution in [0.15, 0.2) is 191 Å². The monoisotopic (exact) mass is 654 g/mol. The van der Waals surface area contributed by atoms with Crippen LogP contribution in [0, 0.1) is 0 Å². The van der Waals surface area contributed by atoms with Crippen LogP contribution in [0.5, 0.6) is 0 Å². The zero-order chi connectivity index (χ0) is 33.7. The Morgan fingerprint density at radius 1 is 0.412 bits per heavy atom. The predicted molar refractivity (Wildman–Crippen MR) is 210 cm³/mol. The van der Waals surface area contributed by atoms with Gasteiger partial charge in [0.15, 0.2) is 11.2 Å². The summed E-state index contributed by atoms with van der Waals surface area (Å²) in [5, 5.41) is 4.37. The van der Waals surface area contributed by atoms with Crippen LogP contribution in [0.3, 0.4) is 0 Å². The maximum absolute atomic E-state index is 6.80. The van der Waals surface area contributed by atoms with Crippen LogP contribution in [0.1, 0.15) is 0 Å². The van der Waals surface area contributed by atoms with Crippen molar-refractivity contribution >= 4 is 60.9 Å². The molecule has 10 aromatic rings. The lowest BCUT2D eigenvalue weighted by atomic mass is 9.96. The molecular weight excluding hydrogens is 625 g/mol. The van der Waals surface area contributed by atoms with Crippen molar-refractivity contribution in [3.8, 4) is 33.7 Å². The maximum Gasteiger partial charge on any atom is 0.227 e. The summed E-state index contributed by atoms with van der Waals surface area (Å²) >= 11 is 0. The van der Waals surface area contributed by atoms with Crippen LogP contribution >= 0.6 is 0 Å². The van der Waals surface area contributed by atoms with Gasteiger partial charge in [0, 0.05) is 33.8 Å². The molecule has 0 spiro atoms. The third-order valence-electron chi connectivity index (χ3n) is 9.67. The Labute approximate surface area is 294 Å². The van der Waals surface area contributed by atoms with Crippen molar-refractivity contribution < 1.29 is 8.83 Å². The fourth-order valence-corrected chi connectivity index (χ4v) is 7.23. The summed E-state index contributed by atoms with van der Waals surface area (Å²) in [6.45, 7) is 0. The van der Waals surface area contributed by atoms with Crippen molar-refractivity contribution in [2.75, 3.05) is 4.90 Å². The molecule has 0 atom stereocenters. The first-order valence-corrected chi connectivity index (χ1v) is 17.1. The Kier molecular flexibility index (Phi) is 6.78. The number of para-hydroxylation sites is 1.